The molecular formula is C34H37N5O5. The highest BCUT2D eigenvalue weighted by molar-refractivity contribution is 6.07. The van der Waals surface area contributed by atoms with Crippen molar-refractivity contribution in [2.75, 3.05) is 35.3 Å². The van der Waals surface area contributed by atoms with Gasteiger partial charge in [-0.1, -0.05) is 50.2 Å². The number of rotatable bonds is 9. The summed E-state index contributed by atoms with van der Waals surface area (Å²) in [6.45, 7) is 7.62. The Kier molecular flexibility index (Phi) is 9.40. The number of carbonyl (C=O) groups is 2. The molecule has 0 spiro atoms. The van der Waals surface area contributed by atoms with Crippen LogP contribution in [-0.2, 0) is 16.5 Å². The van der Waals surface area contributed by atoms with E-state index in [1.165, 1.54) is 4.57 Å². The zero-order valence-electron chi connectivity index (χ0n) is 25.4. The summed E-state index contributed by atoms with van der Waals surface area (Å²) in [6, 6.07) is 22.0. The van der Waals surface area contributed by atoms with Crippen LogP contribution in [0.1, 0.15) is 36.2 Å². The molecule has 2 amide bonds. The SMILES string of the molecule is Cc1c(-c2cn(C)c(=O)c(Nc3cccc(NC(=O)OC4CCOC4)c3)n2)cccc1N(CC(C)C)C(=O)c1ccccc1. The predicted octanol–water partition coefficient (Wildman–Crippen LogP) is 6.14. The van der Waals surface area contributed by atoms with Crippen molar-refractivity contribution in [1.82, 2.24) is 9.55 Å². The minimum absolute atomic E-state index is 0.0794. The van der Waals surface area contributed by atoms with Crippen LogP contribution in [0.2, 0.25) is 0 Å². The van der Waals surface area contributed by atoms with Crippen LogP contribution >= 0.6 is 0 Å². The highest BCUT2D eigenvalue weighted by Crippen LogP contribution is 2.32. The third-order valence-corrected chi connectivity index (χ3v) is 7.29. The predicted molar refractivity (Wildman–Crippen MR) is 172 cm³/mol. The number of aryl methyl sites for hydroxylation is 1. The summed E-state index contributed by atoms with van der Waals surface area (Å²) in [6.07, 6.45) is 1.52. The van der Waals surface area contributed by atoms with Crippen LogP contribution in [0, 0.1) is 12.8 Å². The molecule has 228 valence electrons. The van der Waals surface area contributed by atoms with E-state index >= 15 is 0 Å². The topological polar surface area (TPSA) is 115 Å². The van der Waals surface area contributed by atoms with Crippen LogP contribution in [0.25, 0.3) is 11.3 Å². The first-order chi connectivity index (χ1) is 21.2. The van der Waals surface area contributed by atoms with E-state index in [4.69, 9.17) is 14.5 Å². The van der Waals surface area contributed by atoms with E-state index in [2.05, 4.69) is 24.5 Å². The first-order valence-corrected chi connectivity index (χ1v) is 14.7. The number of benzene rings is 3. The standard InChI is InChI=1S/C34H37N5O5/c1-22(2)19-39(32(40)24-10-6-5-7-11-24)30-15-9-14-28(23(30)3)29-20-38(4)33(41)31(37-29)35-25-12-8-13-26(18-25)36-34(42)44-27-16-17-43-21-27/h5-15,18,20,22,27H,16-17,19,21H2,1-4H3,(H,35,37)(H,36,42). The van der Waals surface area contributed by atoms with Gasteiger partial charge >= 0.3 is 6.09 Å². The van der Waals surface area contributed by atoms with E-state index in [0.717, 1.165) is 16.8 Å². The lowest BCUT2D eigenvalue weighted by molar-refractivity contribution is 0.0931. The molecule has 10 heteroatoms. The maximum absolute atomic E-state index is 13.6. The largest absolute Gasteiger partial charge is 0.443 e. The fourth-order valence-corrected chi connectivity index (χ4v) is 5.12. The van der Waals surface area contributed by atoms with Gasteiger partial charge in [0, 0.05) is 54.4 Å². The Labute approximate surface area is 256 Å². The van der Waals surface area contributed by atoms with E-state index in [0.29, 0.717) is 48.8 Å². The Morgan fingerprint density at radius 2 is 1.82 bits per heavy atom. The van der Waals surface area contributed by atoms with Gasteiger partial charge in [-0.25, -0.2) is 9.78 Å². The first-order valence-electron chi connectivity index (χ1n) is 14.7. The van der Waals surface area contributed by atoms with Crippen LogP contribution in [0.15, 0.2) is 83.8 Å². The summed E-state index contributed by atoms with van der Waals surface area (Å²) >= 11 is 0. The first kappa shape index (κ1) is 30.5. The molecule has 1 fully saturated rings. The lowest BCUT2D eigenvalue weighted by Gasteiger charge is -2.27. The highest BCUT2D eigenvalue weighted by Gasteiger charge is 2.23. The van der Waals surface area contributed by atoms with Gasteiger partial charge in [-0.15, -0.1) is 0 Å². The molecule has 4 aromatic rings. The number of ether oxygens (including phenoxy) is 2. The summed E-state index contributed by atoms with van der Waals surface area (Å²) < 4.78 is 12.1. The van der Waals surface area contributed by atoms with Crippen LogP contribution < -0.4 is 21.1 Å². The smallest absolute Gasteiger partial charge is 0.411 e. The summed E-state index contributed by atoms with van der Waals surface area (Å²) in [5.74, 6) is 0.280. The molecule has 0 radical (unpaired) electrons. The summed E-state index contributed by atoms with van der Waals surface area (Å²) in [4.78, 5) is 45.6. The average Bonchev–Trinajstić information content (AvgIpc) is 3.51. The molecule has 0 aliphatic carbocycles. The minimum Gasteiger partial charge on any atom is -0.443 e. The quantitative estimate of drug-likeness (QED) is 0.239. The van der Waals surface area contributed by atoms with E-state index in [1.54, 1.807) is 37.5 Å². The third kappa shape index (κ3) is 7.15. The maximum Gasteiger partial charge on any atom is 0.411 e. The normalized spacial score (nSPS) is 14.3. The van der Waals surface area contributed by atoms with E-state index in [9.17, 15) is 14.4 Å². The van der Waals surface area contributed by atoms with Gasteiger partial charge in [0.15, 0.2) is 5.82 Å². The van der Waals surface area contributed by atoms with Crippen LogP contribution in [0.4, 0.5) is 27.7 Å². The minimum atomic E-state index is -0.568. The van der Waals surface area contributed by atoms with Gasteiger partial charge in [0.25, 0.3) is 11.5 Å². The van der Waals surface area contributed by atoms with Crippen LogP contribution in [0.3, 0.4) is 0 Å². The van der Waals surface area contributed by atoms with Gasteiger partial charge in [-0.05, 0) is 54.8 Å². The molecule has 3 aromatic carbocycles. The Hall–Kier alpha value is -4.96. The molecular weight excluding hydrogens is 558 g/mol. The fraction of sp³-hybridized carbons (Fsp3) is 0.294. The molecule has 1 atom stereocenters. The van der Waals surface area contributed by atoms with Crippen molar-refractivity contribution < 1.29 is 19.1 Å². The number of aromatic nitrogens is 2. The number of hydrogen-bond donors (Lipinski definition) is 2. The molecule has 1 aromatic heterocycles. The zero-order valence-corrected chi connectivity index (χ0v) is 25.4. The number of carbonyl (C=O) groups excluding carboxylic acids is 2. The summed E-state index contributed by atoms with van der Waals surface area (Å²) in [5, 5.41) is 5.84. The van der Waals surface area contributed by atoms with Crippen molar-refractivity contribution in [3.63, 3.8) is 0 Å². The highest BCUT2D eigenvalue weighted by atomic mass is 16.6. The van der Waals surface area contributed by atoms with E-state index < -0.39 is 6.09 Å². The van der Waals surface area contributed by atoms with E-state index in [-0.39, 0.29) is 29.3 Å². The summed E-state index contributed by atoms with van der Waals surface area (Å²) in [7, 11) is 1.67. The third-order valence-electron chi connectivity index (χ3n) is 7.29. The molecule has 1 saturated heterocycles. The molecule has 10 nitrogen and oxygen atoms in total. The second kappa shape index (κ2) is 13.6. The second-order valence-electron chi connectivity index (χ2n) is 11.2. The van der Waals surface area contributed by atoms with Crippen LogP contribution in [-0.4, -0.2) is 47.4 Å². The Balaban J connectivity index is 1.43. The van der Waals surface area contributed by atoms with Gasteiger partial charge in [-0.3, -0.25) is 14.9 Å². The molecule has 2 heterocycles. The van der Waals surface area contributed by atoms with Crippen molar-refractivity contribution in [3.05, 3.63) is 100 Å². The van der Waals surface area contributed by atoms with Crippen molar-refractivity contribution >= 4 is 34.9 Å². The van der Waals surface area contributed by atoms with Crippen molar-refractivity contribution in [2.45, 2.75) is 33.3 Å². The van der Waals surface area contributed by atoms with Crippen LogP contribution in [0.5, 0.6) is 0 Å². The van der Waals surface area contributed by atoms with Gasteiger partial charge < -0.3 is 24.3 Å². The number of nitrogens with zero attached hydrogens (tertiary/aromatic N) is 3. The zero-order chi connectivity index (χ0) is 31.2. The number of nitrogens with one attached hydrogen (secondary N) is 2. The molecule has 2 N–H and O–H groups in total. The average molecular weight is 596 g/mol. The Morgan fingerprint density at radius 3 is 2.55 bits per heavy atom. The van der Waals surface area contributed by atoms with Gasteiger partial charge in [0.2, 0.25) is 0 Å². The fourth-order valence-electron chi connectivity index (χ4n) is 5.12. The summed E-state index contributed by atoms with van der Waals surface area (Å²) in [5.41, 5.74) is 4.38. The van der Waals surface area contributed by atoms with Crippen molar-refractivity contribution in [3.8, 4) is 11.3 Å². The van der Waals surface area contributed by atoms with E-state index in [1.807, 2.05) is 60.4 Å². The molecule has 0 saturated carbocycles. The number of anilines is 4. The number of amides is 2. The molecule has 0 bridgehead atoms. The molecule has 1 aliphatic heterocycles. The van der Waals surface area contributed by atoms with Gasteiger partial charge in [0.1, 0.15) is 6.10 Å². The van der Waals surface area contributed by atoms with Crippen molar-refractivity contribution in [1.29, 1.82) is 0 Å². The second-order valence-corrected chi connectivity index (χ2v) is 11.2. The lowest BCUT2D eigenvalue weighted by atomic mass is 10.0. The molecule has 44 heavy (non-hydrogen) atoms. The monoisotopic (exact) mass is 595 g/mol. The molecule has 1 unspecified atom stereocenters. The Bertz CT molecular complexity index is 1700. The number of hydrogen-bond acceptors (Lipinski definition) is 7. The maximum atomic E-state index is 13.6. The Morgan fingerprint density at radius 1 is 1.07 bits per heavy atom. The van der Waals surface area contributed by atoms with Gasteiger partial charge in [0.05, 0.1) is 18.9 Å². The molecule has 5 rings (SSSR count). The van der Waals surface area contributed by atoms with Crippen molar-refractivity contribution in [2.24, 2.45) is 13.0 Å². The van der Waals surface area contributed by atoms with Gasteiger partial charge in [-0.2, -0.15) is 0 Å². The molecule has 1 aliphatic rings. The lowest BCUT2D eigenvalue weighted by Crippen LogP contribution is -2.34.